The lowest BCUT2D eigenvalue weighted by Gasteiger charge is -2.35. The third-order valence-electron chi connectivity index (χ3n) is 5.25. The molecule has 2 fully saturated rings. The van der Waals surface area contributed by atoms with E-state index in [1.54, 1.807) is 6.20 Å². The highest BCUT2D eigenvalue weighted by Crippen LogP contribution is 2.24. The van der Waals surface area contributed by atoms with Gasteiger partial charge in [0.15, 0.2) is 0 Å². The Morgan fingerprint density at radius 2 is 1.88 bits per heavy atom. The summed E-state index contributed by atoms with van der Waals surface area (Å²) in [6.45, 7) is 6.02. The number of hydrogen-bond acceptors (Lipinski definition) is 5. The van der Waals surface area contributed by atoms with Gasteiger partial charge in [-0.05, 0) is 63.6 Å². The lowest BCUT2D eigenvalue weighted by molar-refractivity contribution is 0.125. The molecular formula is C18H28N2O3S. The van der Waals surface area contributed by atoms with Gasteiger partial charge in [0.1, 0.15) is 15.6 Å². The van der Waals surface area contributed by atoms with Crippen LogP contribution in [0.4, 0.5) is 0 Å². The molecular weight excluding hydrogens is 324 g/mol. The number of aromatic nitrogens is 1. The molecule has 24 heavy (non-hydrogen) atoms. The summed E-state index contributed by atoms with van der Waals surface area (Å²) in [5.41, 5.74) is 0.983. The van der Waals surface area contributed by atoms with Gasteiger partial charge in [0.05, 0.1) is 18.1 Å². The number of ether oxygens (including phenoxy) is 1. The van der Waals surface area contributed by atoms with Crippen LogP contribution in [0.25, 0.3) is 0 Å². The summed E-state index contributed by atoms with van der Waals surface area (Å²) in [7, 11) is -2.74. The molecule has 0 spiro atoms. The second-order valence-electron chi connectivity index (χ2n) is 7.28. The van der Waals surface area contributed by atoms with Crippen molar-refractivity contribution in [1.82, 2.24) is 9.88 Å². The summed E-state index contributed by atoms with van der Waals surface area (Å²) in [5.74, 6) is 2.84. The number of piperidine rings is 1. The fourth-order valence-electron chi connectivity index (χ4n) is 3.65. The third-order valence-corrected chi connectivity index (χ3v) is 6.97. The topological polar surface area (TPSA) is 59.5 Å². The molecule has 2 saturated heterocycles. The highest BCUT2D eigenvalue weighted by atomic mass is 32.2. The van der Waals surface area contributed by atoms with Gasteiger partial charge in [-0.25, -0.2) is 8.42 Å². The van der Waals surface area contributed by atoms with E-state index in [1.807, 2.05) is 19.1 Å². The Kier molecular flexibility index (Phi) is 5.76. The van der Waals surface area contributed by atoms with Crippen LogP contribution in [-0.4, -0.2) is 56.0 Å². The van der Waals surface area contributed by atoms with Crippen LogP contribution in [0.5, 0.6) is 5.75 Å². The average molecular weight is 353 g/mol. The molecule has 6 heteroatoms. The molecule has 0 amide bonds. The number of rotatable bonds is 5. The summed E-state index contributed by atoms with van der Waals surface area (Å²) in [6, 6.07) is 3.89. The normalized spacial score (nSPS) is 23.2. The maximum atomic E-state index is 11.5. The fraction of sp³-hybridized carbons (Fsp3) is 0.722. The van der Waals surface area contributed by atoms with Gasteiger partial charge in [-0.3, -0.25) is 4.98 Å². The van der Waals surface area contributed by atoms with E-state index in [0.717, 1.165) is 63.4 Å². The number of sulfone groups is 1. The van der Waals surface area contributed by atoms with E-state index in [4.69, 9.17) is 4.74 Å². The summed E-state index contributed by atoms with van der Waals surface area (Å²) in [6.07, 6.45) is 5.79. The van der Waals surface area contributed by atoms with Crippen molar-refractivity contribution in [3.8, 4) is 5.75 Å². The summed E-state index contributed by atoms with van der Waals surface area (Å²) < 4.78 is 28.9. The van der Waals surface area contributed by atoms with Crippen molar-refractivity contribution in [2.75, 3.05) is 37.7 Å². The largest absolute Gasteiger partial charge is 0.493 e. The molecule has 0 N–H and O–H groups in total. The van der Waals surface area contributed by atoms with Crippen LogP contribution < -0.4 is 4.74 Å². The van der Waals surface area contributed by atoms with Crippen molar-refractivity contribution < 1.29 is 13.2 Å². The molecule has 3 rings (SSSR count). The molecule has 0 saturated carbocycles. The molecule has 3 heterocycles. The monoisotopic (exact) mass is 352 g/mol. The molecule has 134 valence electrons. The van der Waals surface area contributed by atoms with Crippen molar-refractivity contribution >= 4 is 9.84 Å². The minimum absolute atomic E-state index is 0.382. The van der Waals surface area contributed by atoms with Crippen molar-refractivity contribution in [1.29, 1.82) is 0 Å². The van der Waals surface area contributed by atoms with Crippen LogP contribution in [0, 0.1) is 18.8 Å². The van der Waals surface area contributed by atoms with Gasteiger partial charge < -0.3 is 9.64 Å². The first-order valence-corrected chi connectivity index (χ1v) is 10.8. The van der Waals surface area contributed by atoms with Crippen LogP contribution in [0.15, 0.2) is 18.3 Å². The minimum Gasteiger partial charge on any atom is -0.493 e. The maximum absolute atomic E-state index is 11.5. The maximum Gasteiger partial charge on any atom is 0.150 e. The Hall–Kier alpha value is -1.14. The number of aryl methyl sites for hydroxylation is 1. The lowest BCUT2D eigenvalue weighted by atomic mass is 9.95. The smallest absolute Gasteiger partial charge is 0.150 e. The van der Waals surface area contributed by atoms with E-state index in [9.17, 15) is 8.42 Å². The first-order valence-electron chi connectivity index (χ1n) is 8.98. The van der Waals surface area contributed by atoms with Crippen LogP contribution in [-0.2, 0) is 9.84 Å². The highest BCUT2D eigenvalue weighted by molar-refractivity contribution is 7.91. The zero-order valence-corrected chi connectivity index (χ0v) is 15.3. The molecule has 0 radical (unpaired) electrons. The fourth-order valence-corrected chi connectivity index (χ4v) is 5.23. The standard InChI is InChI=1S/C18H28N2O3S/c1-15-12-18(2-7-19-15)23-14-17-3-8-20(9-4-17)13-16-5-10-24(21,22)11-6-16/h2,7,12,16-17H,3-6,8-11,13-14H2,1H3. The Labute approximate surface area is 145 Å². The zero-order chi connectivity index (χ0) is 17.0. The highest BCUT2D eigenvalue weighted by Gasteiger charge is 2.27. The predicted molar refractivity (Wildman–Crippen MR) is 95.0 cm³/mol. The van der Waals surface area contributed by atoms with E-state index >= 15 is 0 Å². The van der Waals surface area contributed by atoms with E-state index < -0.39 is 9.84 Å². The SMILES string of the molecule is Cc1cc(OCC2CCN(CC3CCS(=O)(=O)CC3)CC2)ccn1. The van der Waals surface area contributed by atoms with Gasteiger partial charge in [0.25, 0.3) is 0 Å². The first-order chi connectivity index (χ1) is 11.5. The number of likely N-dealkylation sites (tertiary alicyclic amines) is 1. The van der Waals surface area contributed by atoms with E-state index in [-0.39, 0.29) is 0 Å². The van der Waals surface area contributed by atoms with Crippen molar-refractivity contribution in [3.05, 3.63) is 24.0 Å². The summed E-state index contributed by atoms with van der Waals surface area (Å²) >= 11 is 0. The van der Waals surface area contributed by atoms with Gasteiger partial charge >= 0.3 is 0 Å². The molecule has 5 nitrogen and oxygen atoms in total. The quantitative estimate of drug-likeness (QED) is 0.814. The van der Waals surface area contributed by atoms with Gasteiger partial charge in [-0.2, -0.15) is 0 Å². The first kappa shape index (κ1) is 17.7. The van der Waals surface area contributed by atoms with Crippen molar-refractivity contribution in [3.63, 3.8) is 0 Å². The van der Waals surface area contributed by atoms with Gasteiger partial charge in [0, 0.05) is 24.5 Å². The van der Waals surface area contributed by atoms with Crippen LogP contribution in [0.3, 0.4) is 0 Å². The molecule has 1 aromatic heterocycles. The molecule has 2 aliphatic heterocycles. The van der Waals surface area contributed by atoms with Gasteiger partial charge in [0.2, 0.25) is 0 Å². The Balaban J connectivity index is 1.37. The Bertz CT molecular complexity index is 625. The number of pyridine rings is 1. The lowest BCUT2D eigenvalue weighted by Crippen LogP contribution is -2.40. The Morgan fingerprint density at radius 1 is 1.17 bits per heavy atom. The van der Waals surface area contributed by atoms with E-state index in [0.29, 0.717) is 23.3 Å². The molecule has 0 bridgehead atoms. The number of nitrogens with zero attached hydrogens (tertiary/aromatic N) is 2. The van der Waals surface area contributed by atoms with Crippen molar-refractivity contribution in [2.45, 2.75) is 32.6 Å². The zero-order valence-electron chi connectivity index (χ0n) is 14.5. The van der Waals surface area contributed by atoms with Crippen LogP contribution >= 0.6 is 0 Å². The molecule has 2 aliphatic rings. The van der Waals surface area contributed by atoms with Crippen molar-refractivity contribution in [2.24, 2.45) is 11.8 Å². The van der Waals surface area contributed by atoms with Crippen LogP contribution in [0.2, 0.25) is 0 Å². The van der Waals surface area contributed by atoms with E-state index in [1.165, 1.54) is 0 Å². The molecule has 0 aromatic carbocycles. The Morgan fingerprint density at radius 3 is 2.54 bits per heavy atom. The number of hydrogen-bond donors (Lipinski definition) is 0. The molecule has 0 atom stereocenters. The predicted octanol–water partition coefficient (Wildman–Crippen LogP) is 2.31. The molecule has 0 aliphatic carbocycles. The second kappa shape index (κ2) is 7.83. The second-order valence-corrected chi connectivity index (χ2v) is 9.59. The summed E-state index contributed by atoms with van der Waals surface area (Å²) in [4.78, 5) is 6.69. The third kappa shape index (κ3) is 5.18. The van der Waals surface area contributed by atoms with Crippen LogP contribution in [0.1, 0.15) is 31.4 Å². The minimum atomic E-state index is -2.74. The average Bonchev–Trinajstić information content (AvgIpc) is 2.56. The molecule has 0 unspecified atom stereocenters. The van der Waals surface area contributed by atoms with Gasteiger partial charge in [-0.1, -0.05) is 0 Å². The molecule has 1 aromatic rings. The van der Waals surface area contributed by atoms with Gasteiger partial charge in [-0.15, -0.1) is 0 Å². The van der Waals surface area contributed by atoms with E-state index in [2.05, 4.69) is 9.88 Å². The summed E-state index contributed by atoms with van der Waals surface area (Å²) in [5, 5.41) is 0.